The van der Waals surface area contributed by atoms with Gasteiger partial charge in [0.2, 0.25) is 0 Å². The summed E-state index contributed by atoms with van der Waals surface area (Å²) in [7, 11) is 0. The first kappa shape index (κ1) is 13.5. The predicted molar refractivity (Wildman–Crippen MR) is 73.3 cm³/mol. The molecule has 0 aliphatic carbocycles. The van der Waals surface area contributed by atoms with Crippen LogP contribution in [0.4, 0.5) is 8.78 Å². The Morgan fingerprint density at radius 1 is 1.06 bits per heavy atom. The van der Waals surface area contributed by atoms with Crippen molar-refractivity contribution in [2.75, 3.05) is 0 Å². The smallest absolute Gasteiger partial charge is 0.128 e. The fraction of sp³-hybridized carbons (Fsp3) is 0.143. The molecule has 0 amide bonds. The minimum atomic E-state index is -0.471. The first-order valence-corrected chi connectivity index (χ1v) is 6.64. The van der Waals surface area contributed by atoms with Crippen molar-refractivity contribution in [2.24, 2.45) is 0 Å². The molecule has 0 aliphatic heterocycles. The summed E-state index contributed by atoms with van der Waals surface area (Å²) in [5, 5.41) is 0.514. The Morgan fingerprint density at radius 2 is 1.72 bits per heavy atom. The first-order chi connectivity index (χ1) is 8.50. The van der Waals surface area contributed by atoms with Gasteiger partial charge in [0.1, 0.15) is 11.6 Å². The molecule has 1 atom stereocenters. The van der Waals surface area contributed by atoms with Gasteiger partial charge in [-0.2, -0.15) is 0 Å². The second kappa shape index (κ2) is 5.37. The van der Waals surface area contributed by atoms with Crippen LogP contribution in [0.2, 0.25) is 5.02 Å². The molecule has 4 heteroatoms. The third kappa shape index (κ3) is 2.57. The highest BCUT2D eigenvalue weighted by molar-refractivity contribution is 9.09. The van der Waals surface area contributed by atoms with Crippen molar-refractivity contribution in [3.63, 3.8) is 0 Å². The molecule has 0 fully saturated rings. The van der Waals surface area contributed by atoms with Gasteiger partial charge in [0.15, 0.2) is 0 Å². The monoisotopic (exact) mass is 330 g/mol. The second-order valence-corrected chi connectivity index (χ2v) is 5.33. The molecule has 0 radical (unpaired) electrons. The topological polar surface area (TPSA) is 0 Å². The zero-order valence-electron chi connectivity index (χ0n) is 9.55. The van der Waals surface area contributed by atoms with E-state index in [-0.39, 0.29) is 11.1 Å². The van der Waals surface area contributed by atoms with Gasteiger partial charge in [-0.3, -0.25) is 0 Å². The van der Waals surface area contributed by atoms with E-state index < -0.39 is 16.5 Å². The van der Waals surface area contributed by atoms with E-state index >= 15 is 0 Å². The molecular weight excluding hydrogens is 322 g/mol. The van der Waals surface area contributed by atoms with Crippen LogP contribution in [0.25, 0.3) is 0 Å². The van der Waals surface area contributed by atoms with Crippen LogP contribution in [0, 0.1) is 18.6 Å². The van der Waals surface area contributed by atoms with Gasteiger partial charge in [0.05, 0.1) is 4.83 Å². The van der Waals surface area contributed by atoms with E-state index in [1.807, 2.05) is 0 Å². The van der Waals surface area contributed by atoms with E-state index in [1.54, 1.807) is 24.3 Å². The van der Waals surface area contributed by atoms with E-state index in [0.29, 0.717) is 10.6 Å². The molecule has 2 aromatic carbocycles. The van der Waals surface area contributed by atoms with Crippen molar-refractivity contribution >= 4 is 27.5 Å². The molecular formula is C14H10BrClF2. The fourth-order valence-corrected chi connectivity index (χ4v) is 2.83. The van der Waals surface area contributed by atoms with Crippen molar-refractivity contribution < 1.29 is 8.78 Å². The summed E-state index contributed by atoms with van der Waals surface area (Å²) in [6.45, 7) is 1.53. The predicted octanol–water partition coefficient (Wildman–Crippen LogP) is 5.41. The van der Waals surface area contributed by atoms with Gasteiger partial charge < -0.3 is 0 Å². The van der Waals surface area contributed by atoms with Crippen LogP contribution >= 0.6 is 27.5 Å². The lowest BCUT2D eigenvalue weighted by Gasteiger charge is -2.14. The maximum Gasteiger partial charge on any atom is 0.128 e. The molecule has 0 aliphatic rings. The highest BCUT2D eigenvalue weighted by Crippen LogP contribution is 2.36. The highest BCUT2D eigenvalue weighted by atomic mass is 79.9. The Labute approximate surface area is 118 Å². The quantitative estimate of drug-likeness (QED) is 0.645. The van der Waals surface area contributed by atoms with Crippen LogP contribution in [0.3, 0.4) is 0 Å². The molecule has 0 nitrogen and oxygen atoms in total. The first-order valence-electron chi connectivity index (χ1n) is 5.34. The van der Waals surface area contributed by atoms with Gasteiger partial charge in [-0.1, -0.05) is 45.7 Å². The standard InChI is InChI=1S/C14H10BrClF2/c1-8-6-13(18)10(7-12(8)17)14(15)9-4-2-3-5-11(9)16/h2-7,14H,1H3. The van der Waals surface area contributed by atoms with Gasteiger partial charge in [0, 0.05) is 10.6 Å². The number of alkyl halides is 1. The van der Waals surface area contributed by atoms with Crippen LogP contribution in [0.1, 0.15) is 21.5 Å². The van der Waals surface area contributed by atoms with Crippen molar-refractivity contribution in [3.8, 4) is 0 Å². The molecule has 0 spiro atoms. The minimum Gasteiger partial charge on any atom is -0.207 e. The number of hydrogen-bond donors (Lipinski definition) is 0. The Bertz CT molecular complexity index is 584. The van der Waals surface area contributed by atoms with Gasteiger partial charge >= 0.3 is 0 Å². The number of hydrogen-bond acceptors (Lipinski definition) is 0. The molecule has 2 rings (SSSR count). The zero-order valence-corrected chi connectivity index (χ0v) is 11.9. The third-order valence-corrected chi connectivity index (χ3v) is 4.06. The van der Waals surface area contributed by atoms with Crippen LogP contribution < -0.4 is 0 Å². The largest absolute Gasteiger partial charge is 0.207 e. The van der Waals surface area contributed by atoms with E-state index in [2.05, 4.69) is 15.9 Å². The van der Waals surface area contributed by atoms with E-state index in [1.165, 1.54) is 19.1 Å². The van der Waals surface area contributed by atoms with Crippen molar-refractivity contribution in [2.45, 2.75) is 11.8 Å². The molecule has 0 heterocycles. The maximum atomic E-state index is 13.9. The number of benzene rings is 2. The van der Waals surface area contributed by atoms with Gasteiger partial charge in [-0.15, -0.1) is 0 Å². The SMILES string of the molecule is Cc1cc(F)c(C(Br)c2ccccc2Cl)cc1F. The van der Waals surface area contributed by atoms with Crippen molar-refractivity contribution in [1.29, 1.82) is 0 Å². The van der Waals surface area contributed by atoms with E-state index in [9.17, 15) is 8.78 Å². The average molecular weight is 332 g/mol. The van der Waals surface area contributed by atoms with Crippen molar-refractivity contribution in [3.05, 3.63) is 69.7 Å². The Balaban J connectivity index is 2.50. The van der Waals surface area contributed by atoms with Gasteiger partial charge in [-0.25, -0.2) is 8.78 Å². The van der Waals surface area contributed by atoms with Crippen molar-refractivity contribution in [1.82, 2.24) is 0 Å². The van der Waals surface area contributed by atoms with Crippen LogP contribution in [0.5, 0.6) is 0 Å². The Morgan fingerprint density at radius 3 is 2.39 bits per heavy atom. The third-order valence-electron chi connectivity index (χ3n) is 2.73. The molecule has 94 valence electrons. The number of rotatable bonds is 2. The molecule has 2 aromatic rings. The lowest BCUT2D eigenvalue weighted by molar-refractivity contribution is 0.581. The lowest BCUT2D eigenvalue weighted by Crippen LogP contribution is -2.00. The highest BCUT2D eigenvalue weighted by Gasteiger charge is 2.18. The molecule has 18 heavy (non-hydrogen) atoms. The summed E-state index contributed by atoms with van der Waals surface area (Å²) in [4.78, 5) is -0.471. The second-order valence-electron chi connectivity index (χ2n) is 4.01. The normalized spacial score (nSPS) is 12.5. The van der Waals surface area contributed by atoms with Crippen LogP contribution in [-0.4, -0.2) is 0 Å². The number of aryl methyl sites for hydroxylation is 1. The Hall–Kier alpha value is -0.930. The maximum absolute atomic E-state index is 13.9. The summed E-state index contributed by atoms with van der Waals surface area (Å²) in [5.41, 5.74) is 1.24. The average Bonchev–Trinajstić information content (AvgIpc) is 2.33. The molecule has 0 saturated carbocycles. The summed E-state index contributed by atoms with van der Waals surface area (Å²) < 4.78 is 27.4. The van der Waals surface area contributed by atoms with Gasteiger partial charge in [0.25, 0.3) is 0 Å². The molecule has 0 bridgehead atoms. The minimum absolute atomic E-state index is 0.242. The molecule has 0 saturated heterocycles. The number of halogens is 4. The van der Waals surface area contributed by atoms with E-state index in [4.69, 9.17) is 11.6 Å². The zero-order chi connectivity index (χ0) is 13.3. The fourth-order valence-electron chi connectivity index (χ4n) is 1.70. The Kier molecular flexibility index (Phi) is 4.03. The summed E-state index contributed by atoms with van der Waals surface area (Å²) in [6.07, 6.45) is 0. The summed E-state index contributed by atoms with van der Waals surface area (Å²) >= 11 is 9.41. The van der Waals surface area contributed by atoms with Gasteiger partial charge in [-0.05, 0) is 36.2 Å². The van der Waals surface area contributed by atoms with Crippen LogP contribution in [0.15, 0.2) is 36.4 Å². The molecule has 0 aromatic heterocycles. The lowest BCUT2D eigenvalue weighted by atomic mass is 10.0. The van der Waals surface area contributed by atoms with Crippen LogP contribution in [-0.2, 0) is 0 Å². The molecule has 1 unspecified atom stereocenters. The summed E-state index contributed by atoms with van der Waals surface area (Å²) in [5.74, 6) is -0.876. The summed E-state index contributed by atoms with van der Waals surface area (Å²) in [6, 6.07) is 9.48. The van der Waals surface area contributed by atoms with E-state index in [0.717, 1.165) is 0 Å². The molecule has 0 N–H and O–H groups in total.